The van der Waals surface area contributed by atoms with Gasteiger partial charge in [0, 0.05) is 4.47 Å². The van der Waals surface area contributed by atoms with Crippen molar-refractivity contribution in [3.63, 3.8) is 0 Å². The molecule has 1 unspecified atom stereocenters. The Labute approximate surface area is 186 Å². The summed E-state index contributed by atoms with van der Waals surface area (Å²) in [6.07, 6.45) is 0.700. The summed E-state index contributed by atoms with van der Waals surface area (Å²) < 4.78 is 25.3. The largest absolute Gasteiger partial charge is 0.481 e. The van der Waals surface area contributed by atoms with Crippen molar-refractivity contribution in [1.82, 2.24) is 5.43 Å². The first kappa shape index (κ1) is 22.2. The van der Waals surface area contributed by atoms with Crippen LogP contribution in [0.2, 0.25) is 0 Å². The molecule has 0 radical (unpaired) electrons. The lowest BCUT2D eigenvalue weighted by atomic mass is 10.2. The molecule has 0 aliphatic carbocycles. The molecule has 8 heteroatoms. The van der Waals surface area contributed by atoms with E-state index in [1.165, 1.54) is 24.4 Å². The maximum absolute atomic E-state index is 13.6. The molecule has 0 aliphatic heterocycles. The zero-order valence-electron chi connectivity index (χ0n) is 16.4. The van der Waals surface area contributed by atoms with E-state index in [9.17, 15) is 14.0 Å². The molecule has 1 amide bonds. The molecule has 0 fully saturated rings. The molecule has 1 atom stereocenters. The molecule has 31 heavy (non-hydrogen) atoms. The van der Waals surface area contributed by atoms with Gasteiger partial charge in [0.1, 0.15) is 17.3 Å². The van der Waals surface area contributed by atoms with Gasteiger partial charge < -0.3 is 9.47 Å². The summed E-state index contributed by atoms with van der Waals surface area (Å²) in [5.74, 6) is -1.02. The number of rotatable bonds is 7. The number of ether oxygens (including phenoxy) is 2. The van der Waals surface area contributed by atoms with Crippen LogP contribution < -0.4 is 14.9 Å². The van der Waals surface area contributed by atoms with E-state index in [0.717, 1.165) is 4.47 Å². The molecule has 0 saturated heterocycles. The van der Waals surface area contributed by atoms with Crippen LogP contribution in [0.4, 0.5) is 4.39 Å². The highest BCUT2D eigenvalue weighted by atomic mass is 79.9. The Morgan fingerprint density at radius 2 is 1.65 bits per heavy atom. The first-order chi connectivity index (χ1) is 14.9. The van der Waals surface area contributed by atoms with Crippen molar-refractivity contribution in [2.75, 3.05) is 0 Å². The maximum atomic E-state index is 13.6. The van der Waals surface area contributed by atoms with E-state index in [0.29, 0.717) is 11.3 Å². The monoisotopic (exact) mass is 484 g/mol. The van der Waals surface area contributed by atoms with Gasteiger partial charge in [-0.1, -0.05) is 28.1 Å². The van der Waals surface area contributed by atoms with E-state index < -0.39 is 23.8 Å². The number of nitrogens with one attached hydrogen (secondary N) is 1. The van der Waals surface area contributed by atoms with Gasteiger partial charge in [-0.25, -0.2) is 14.6 Å². The summed E-state index contributed by atoms with van der Waals surface area (Å²) in [6.45, 7) is 1.62. The Morgan fingerprint density at radius 3 is 2.32 bits per heavy atom. The second-order valence-corrected chi connectivity index (χ2v) is 7.30. The number of carbonyl (C=O) groups excluding carboxylic acids is 2. The Balaban J connectivity index is 1.51. The molecule has 158 valence electrons. The molecule has 0 spiro atoms. The normalized spacial score (nSPS) is 11.7. The van der Waals surface area contributed by atoms with Crippen molar-refractivity contribution >= 4 is 34.0 Å². The Kier molecular flexibility index (Phi) is 7.50. The molecular weight excluding hydrogens is 467 g/mol. The summed E-state index contributed by atoms with van der Waals surface area (Å²) in [5, 5.41) is 3.90. The predicted octanol–water partition coefficient (Wildman–Crippen LogP) is 4.73. The summed E-state index contributed by atoms with van der Waals surface area (Å²) in [6, 6.07) is 19.1. The predicted molar refractivity (Wildman–Crippen MR) is 118 cm³/mol. The van der Waals surface area contributed by atoms with Crippen molar-refractivity contribution in [3.05, 3.63) is 94.2 Å². The van der Waals surface area contributed by atoms with Crippen LogP contribution in [0, 0.1) is 5.82 Å². The average Bonchev–Trinajstić information content (AvgIpc) is 2.76. The zero-order chi connectivity index (χ0) is 22.2. The van der Waals surface area contributed by atoms with Gasteiger partial charge in [-0.2, -0.15) is 5.10 Å². The van der Waals surface area contributed by atoms with Crippen LogP contribution in [0.5, 0.6) is 11.5 Å². The number of benzene rings is 3. The van der Waals surface area contributed by atoms with Gasteiger partial charge in [-0.3, -0.25) is 4.79 Å². The van der Waals surface area contributed by atoms with Crippen LogP contribution in [0.3, 0.4) is 0 Å². The molecule has 0 bridgehead atoms. The van der Waals surface area contributed by atoms with Crippen LogP contribution in [-0.4, -0.2) is 24.2 Å². The third kappa shape index (κ3) is 6.48. The van der Waals surface area contributed by atoms with Gasteiger partial charge in [0.05, 0.1) is 11.8 Å². The topological polar surface area (TPSA) is 77.0 Å². The molecule has 0 saturated carbocycles. The SMILES string of the molecule is CC(Oc1ccc(Br)cc1)C(=O)NN=Cc1ccc(OC(=O)c2ccccc2F)cc1. The van der Waals surface area contributed by atoms with Crippen LogP contribution >= 0.6 is 15.9 Å². The van der Waals surface area contributed by atoms with Crippen molar-refractivity contribution in [1.29, 1.82) is 0 Å². The lowest BCUT2D eigenvalue weighted by molar-refractivity contribution is -0.127. The molecule has 1 N–H and O–H groups in total. The molecule has 3 aromatic carbocycles. The number of hydrazone groups is 1. The highest BCUT2D eigenvalue weighted by Gasteiger charge is 2.14. The third-order valence-electron chi connectivity index (χ3n) is 4.07. The van der Waals surface area contributed by atoms with E-state index in [1.807, 2.05) is 12.1 Å². The first-order valence-electron chi connectivity index (χ1n) is 9.24. The van der Waals surface area contributed by atoms with E-state index in [2.05, 4.69) is 26.5 Å². The summed E-state index contributed by atoms with van der Waals surface area (Å²) in [7, 11) is 0. The number of hydrogen-bond donors (Lipinski definition) is 1. The van der Waals surface area contributed by atoms with Crippen LogP contribution in [0.25, 0.3) is 0 Å². The summed E-state index contributed by atoms with van der Waals surface area (Å²) >= 11 is 3.33. The number of hydrogen-bond acceptors (Lipinski definition) is 5. The zero-order valence-corrected chi connectivity index (χ0v) is 18.0. The van der Waals surface area contributed by atoms with Gasteiger partial charge >= 0.3 is 5.97 Å². The quantitative estimate of drug-likeness (QED) is 0.227. The third-order valence-corrected chi connectivity index (χ3v) is 4.60. The molecule has 3 rings (SSSR count). The highest BCUT2D eigenvalue weighted by molar-refractivity contribution is 9.10. The summed E-state index contributed by atoms with van der Waals surface area (Å²) in [4.78, 5) is 24.1. The van der Waals surface area contributed by atoms with Crippen molar-refractivity contribution in [2.24, 2.45) is 5.10 Å². The minimum Gasteiger partial charge on any atom is -0.481 e. The van der Waals surface area contributed by atoms with Crippen molar-refractivity contribution < 1.29 is 23.5 Å². The van der Waals surface area contributed by atoms with Crippen LogP contribution in [0.1, 0.15) is 22.8 Å². The number of carbonyl (C=O) groups is 2. The first-order valence-corrected chi connectivity index (χ1v) is 10.0. The van der Waals surface area contributed by atoms with Crippen LogP contribution in [-0.2, 0) is 4.79 Å². The van der Waals surface area contributed by atoms with Gasteiger partial charge in [0.25, 0.3) is 5.91 Å². The Bertz CT molecular complexity index is 1090. The van der Waals surface area contributed by atoms with E-state index in [-0.39, 0.29) is 11.3 Å². The second-order valence-electron chi connectivity index (χ2n) is 6.39. The number of nitrogens with zero attached hydrogens (tertiary/aromatic N) is 1. The Hall–Kier alpha value is -3.52. The van der Waals surface area contributed by atoms with Crippen molar-refractivity contribution in [2.45, 2.75) is 13.0 Å². The molecule has 0 heterocycles. The van der Waals surface area contributed by atoms with Crippen LogP contribution in [0.15, 0.2) is 82.4 Å². The minimum atomic E-state index is -0.786. The summed E-state index contributed by atoms with van der Waals surface area (Å²) in [5.41, 5.74) is 2.92. The molecular formula is C23H18BrFN2O4. The number of amides is 1. The standard InChI is InChI=1S/C23H18BrFN2O4/c1-15(30-18-12-8-17(24)9-13-18)22(28)27-26-14-16-6-10-19(11-7-16)31-23(29)20-4-2-3-5-21(20)25/h2-15H,1H3,(H,27,28). The van der Waals surface area contributed by atoms with Gasteiger partial charge in [-0.15, -0.1) is 0 Å². The second kappa shape index (κ2) is 10.5. The average molecular weight is 485 g/mol. The van der Waals surface area contributed by atoms with E-state index in [4.69, 9.17) is 9.47 Å². The lowest BCUT2D eigenvalue weighted by Crippen LogP contribution is -2.33. The molecule has 6 nitrogen and oxygen atoms in total. The van der Waals surface area contributed by atoms with Crippen molar-refractivity contribution in [3.8, 4) is 11.5 Å². The molecule has 0 aliphatic rings. The number of halogens is 2. The molecule has 3 aromatic rings. The fraction of sp³-hybridized carbons (Fsp3) is 0.0870. The lowest BCUT2D eigenvalue weighted by Gasteiger charge is -2.12. The van der Waals surface area contributed by atoms with Gasteiger partial charge in [0.2, 0.25) is 0 Å². The van der Waals surface area contributed by atoms with Gasteiger partial charge in [0.15, 0.2) is 6.10 Å². The smallest absolute Gasteiger partial charge is 0.346 e. The van der Waals surface area contributed by atoms with Gasteiger partial charge in [-0.05, 0) is 73.2 Å². The number of esters is 1. The molecule has 0 aromatic heterocycles. The fourth-order valence-corrected chi connectivity index (χ4v) is 2.71. The van der Waals surface area contributed by atoms with E-state index >= 15 is 0 Å². The maximum Gasteiger partial charge on any atom is 0.346 e. The Morgan fingerprint density at radius 1 is 1.00 bits per heavy atom. The fourth-order valence-electron chi connectivity index (χ4n) is 2.44. The van der Waals surface area contributed by atoms with E-state index in [1.54, 1.807) is 49.4 Å². The highest BCUT2D eigenvalue weighted by Crippen LogP contribution is 2.17. The minimum absolute atomic E-state index is 0.143.